The van der Waals surface area contributed by atoms with Crippen LogP contribution < -0.4 is 4.74 Å². The summed E-state index contributed by atoms with van der Waals surface area (Å²) in [6.45, 7) is 0. The van der Waals surface area contributed by atoms with Crippen LogP contribution in [0.1, 0.15) is 34.9 Å². The Morgan fingerprint density at radius 2 is 1.67 bits per heavy atom. The van der Waals surface area contributed by atoms with E-state index < -0.39 is 6.10 Å². The average Bonchev–Trinajstić information content (AvgIpc) is 2.59. The predicted molar refractivity (Wildman–Crippen MR) is 90.7 cm³/mol. The van der Waals surface area contributed by atoms with Crippen molar-refractivity contribution in [1.82, 2.24) is 0 Å². The zero-order valence-corrected chi connectivity index (χ0v) is 12.9. The van der Waals surface area contributed by atoms with Crippen molar-refractivity contribution < 1.29 is 19.7 Å². The van der Waals surface area contributed by atoms with E-state index >= 15 is 0 Å². The molecule has 3 aromatic carbocycles. The molecule has 1 aliphatic carbocycles. The van der Waals surface area contributed by atoms with Gasteiger partial charge >= 0.3 is 0 Å². The molecule has 1 unspecified atom stereocenters. The van der Waals surface area contributed by atoms with Gasteiger partial charge in [0, 0.05) is 17.5 Å². The third-order valence-electron chi connectivity index (χ3n) is 4.41. The Balaban J connectivity index is 1.86. The number of hydrogen-bond acceptors (Lipinski definition) is 4. The van der Waals surface area contributed by atoms with Crippen LogP contribution >= 0.6 is 0 Å². The normalized spacial score (nSPS) is 16.9. The summed E-state index contributed by atoms with van der Waals surface area (Å²) in [6.07, 6.45) is 0.0112. The number of phenols is 1. The number of Topliss-reactive ketones (excluding diaryl/α,β-unsaturated/α-hetero) is 1. The molecular formula is C20H16O4. The van der Waals surface area contributed by atoms with E-state index in [4.69, 9.17) is 4.74 Å². The molecule has 24 heavy (non-hydrogen) atoms. The molecule has 4 rings (SSSR count). The number of fused-ring (bicyclic) bond motifs is 2. The van der Waals surface area contributed by atoms with Gasteiger partial charge < -0.3 is 14.9 Å². The molecule has 0 spiro atoms. The van der Waals surface area contributed by atoms with Crippen LogP contribution in [0.2, 0.25) is 0 Å². The van der Waals surface area contributed by atoms with E-state index in [1.165, 1.54) is 0 Å². The van der Waals surface area contributed by atoms with E-state index in [-0.39, 0.29) is 11.5 Å². The first-order chi connectivity index (χ1) is 11.6. The Hall–Kier alpha value is -2.85. The van der Waals surface area contributed by atoms with Crippen LogP contribution in [0.3, 0.4) is 0 Å². The summed E-state index contributed by atoms with van der Waals surface area (Å²) >= 11 is 0. The minimum Gasteiger partial charge on any atom is -0.507 e. The fraction of sp³-hybridized carbons (Fsp3) is 0.150. The Morgan fingerprint density at radius 1 is 0.958 bits per heavy atom. The van der Waals surface area contributed by atoms with Gasteiger partial charge in [-0.2, -0.15) is 0 Å². The molecular weight excluding hydrogens is 304 g/mol. The van der Waals surface area contributed by atoms with Crippen molar-refractivity contribution in [2.24, 2.45) is 0 Å². The lowest BCUT2D eigenvalue weighted by atomic mass is 9.88. The summed E-state index contributed by atoms with van der Waals surface area (Å²) in [5, 5.41) is 22.0. The quantitative estimate of drug-likeness (QED) is 0.737. The van der Waals surface area contributed by atoms with Crippen LogP contribution in [-0.2, 0) is 0 Å². The molecule has 0 amide bonds. The number of carbonyl (C=O) groups excluding carboxylic acids is 1. The molecule has 4 nitrogen and oxygen atoms in total. The van der Waals surface area contributed by atoms with E-state index in [0.717, 1.165) is 5.39 Å². The summed E-state index contributed by atoms with van der Waals surface area (Å²) in [7, 11) is 0. The minimum atomic E-state index is -0.725. The van der Waals surface area contributed by atoms with Gasteiger partial charge in [-0.05, 0) is 30.0 Å². The summed E-state index contributed by atoms with van der Waals surface area (Å²) in [4.78, 5) is 12.1. The number of ether oxygens (including phenoxy) is 1. The van der Waals surface area contributed by atoms with Crippen molar-refractivity contribution >= 4 is 16.6 Å². The summed E-state index contributed by atoms with van der Waals surface area (Å²) in [5.74, 6) is 1.08. The summed E-state index contributed by atoms with van der Waals surface area (Å²) in [6, 6.07) is 16.0. The average molecular weight is 320 g/mol. The first kappa shape index (κ1) is 14.7. The molecule has 0 radical (unpaired) electrons. The maximum Gasteiger partial charge on any atom is 0.163 e. The van der Waals surface area contributed by atoms with Gasteiger partial charge in [0.15, 0.2) is 5.78 Å². The molecule has 0 saturated heterocycles. The molecule has 2 N–H and O–H groups in total. The van der Waals surface area contributed by atoms with Gasteiger partial charge in [-0.15, -0.1) is 0 Å². The van der Waals surface area contributed by atoms with Crippen molar-refractivity contribution in [2.75, 3.05) is 0 Å². The Bertz CT molecular complexity index is 940. The standard InChI is InChI=1S/C20H16O4/c21-14-10-11-16(23)20-13(14)6-3-9-18(20)24-17-8-2-5-12-4-1-7-15(22)19(12)17/h1-9,16,22-23H,10-11H2. The zero-order chi connectivity index (χ0) is 16.7. The van der Waals surface area contributed by atoms with Crippen LogP contribution in [0.15, 0.2) is 54.6 Å². The largest absolute Gasteiger partial charge is 0.507 e. The molecule has 0 bridgehead atoms. The molecule has 0 aromatic heterocycles. The zero-order valence-electron chi connectivity index (χ0n) is 12.9. The molecule has 3 aromatic rings. The number of carbonyl (C=O) groups is 1. The van der Waals surface area contributed by atoms with Crippen LogP contribution in [0.4, 0.5) is 0 Å². The van der Waals surface area contributed by atoms with Crippen LogP contribution in [-0.4, -0.2) is 16.0 Å². The SMILES string of the molecule is O=C1CCC(O)c2c(Oc3cccc4cccc(O)c34)cccc21. The molecule has 120 valence electrons. The Labute approximate surface area is 138 Å². The number of benzene rings is 3. The molecule has 0 fully saturated rings. The maximum absolute atomic E-state index is 12.1. The summed E-state index contributed by atoms with van der Waals surface area (Å²) < 4.78 is 6.02. The van der Waals surface area contributed by atoms with Crippen molar-refractivity contribution in [1.29, 1.82) is 0 Å². The van der Waals surface area contributed by atoms with Crippen LogP contribution in [0, 0.1) is 0 Å². The van der Waals surface area contributed by atoms with E-state index in [9.17, 15) is 15.0 Å². The van der Waals surface area contributed by atoms with Gasteiger partial charge in [0.05, 0.1) is 11.5 Å². The van der Waals surface area contributed by atoms with Gasteiger partial charge in [-0.1, -0.05) is 36.4 Å². The van der Waals surface area contributed by atoms with Gasteiger partial charge in [0.1, 0.15) is 17.2 Å². The first-order valence-electron chi connectivity index (χ1n) is 7.88. The smallest absolute Gasteiger partial charge is 0.163 e. The fourth-order valence-corrected chi connectivity index (χ4v) is 3.26. The summed E-state index contributed by atoms with van der Waals surface area (Å²) in [5.41, 5.74) is 1.04. The first-order valence-corrected chi connectivity index (χ1v) is 7.88. The lowest BCUT2D eigenvalue weighted by molar-refractivity contribution is 0.0893. The lowest BCUT2D eigenvalue weighted by Crippen LogP contribution is -2.16. The highest BCUT2D eigenvalue weighted by atomic mass is 16.5. The molecule has 4 heteroatoms. The van der Waals surface area contributed by atoms with Gasteiger partial charge in [-0.25, -0.2) is 0 Å². The van der Waals surface area contributed by atoms with E-state index in [2.05, 4.69) is 0 Å². The maximum atomic E-state index is 12.1. The van der Waals surface area contributed by atoms with Crippen molar-refractivity contribution in [3.63, 3.8) is 0 Å². The highest BCUT2D eigenvalue weighted by Crippen LogP contribution is 2.41. The van der Waals surface area contributed by atoms with Gasteiger partial charge in [0.2, 0.25) is 0 Å². The van der Waals surface area contributed by atoms with Crippen molar-refractivity contribution in [2.45, 2.75) is 18.9 Å². The second-order valence-corrected chi connectivity index (χ2v) is 5.93. The van der Waals surface area contributed by atoms with Crippen LogP contribution in [0.5, 0.6) is 17.2 Å². The molecule has 0 saturated carbocycles. The Morgan fingerprint density at radius 3 is 2.50 bits per heavy atom. The number of hydrogen-bond donors (Lipinski definition) is 2. The highest BCUT2D eigenvalue weighted by molar-refractivity contribution is 5.99. The van der Waals surface area contributed by atoms with E-state index in [1.54, 1.807) is 36.4 Å². The van der Waals surface area contributed by atoms with Gasteiger partial charge in [0.25, 0.3) is 0 Å². The molecule has 0 heterocycles. The topological polar surface area (TPSA) is 66.8 Å². The third-order valence-corrected chi connectivity index (χ3v) is 4.41. The number of aliphatic hydroxyl groups is 1. The second-order valence-electron chi connectivity index (χ2n) is 5.93. The van der Waals surface area contributed by atoms with E-state index in [0.29, 0.717) is 40.9 Å². The number of ketones is 1. The highest BCUT2D eigenvalue weighted by Gasteiger charge is 2.27. The molecule has 1 aliphatic rings. The minimum absolute atomic E-state index is 0.0153. The number of phenolic OH excluding ortho intramolecular Hbond substituents is 1. The Kier molecular flexibility index (Phi) is 3.47. The number of aromatic hydroxyl groups is 1. The van der Waals surface area contributed by atoms with E-state index in [1.807, 2.05) is 18.2 Å². The number of rotatable bonds is 2. The van der Waals surface area contributed by atoms with Crippen molar-refractivity contribution in [3.8, 4) is 17.2 Å². The fourth-order valence-electron chi connectivity index (χ4n) is 3.26. The van der Waals surface area contributed by atoms with Gasteiger partial charge in [-0.3, -0.25) is 4.79 Å². The number of aliphatic hydroxyl groups excluding tert-OH is 1. The molecule has 0 aliphatic heterocycles. The van der Waals surface area contributed by atoms with Crippen molar-refractivity contribution in [3.05, 3.63) is 65.7 Å². The second kappa shape index (κ2) is 5.65. The third kappa shape index (κ3) is 2.32. The monoisotopic (exact) mass is 320 g/mol. The predicted octanol–water partition coefficient (Wildman–Crippen LogP) is 4.35. The molecule has 1 atom stereocenters. The lowest BCUT2D eigenvalue weighted by Gasteiger charge is -2.23. The van der Waals surface area contributed by atoms with Crippen LogP contribution in [0.25, 0.3) is 10.8 Å².